The first-order chi connectivity index (χ1) is 6.61. The van der Waals surface area contributed by atoms with E-state index in [1.54, 1.807) is 24.9 Å². The Labute approximate surface area is 80.0 Å². The highest BCUT2D eigenvalue weighted by atomic mass is 16.4. The Kier molecular flexibility index (Phi) is 1.73. The molecule has 0 amide bonds. The molecule has 1 N–H and O–H groups in total. The minimum atomic E-state index is -1.01. The summed E-state index contributed by atoms with van der Waals surface area (Å²) in [6.45, 7) is 1.74. The number of nitrogens with zero attached hydrogens (tertiary/aromatic N) is 3. The van der Waals surface area contributed by atoms with Crippen LogP contribution in [-0.4, -0.2) is 25.8 Å². The summed E-state index contributed by atoms with van der Waals surface area (Å²) in [7, 11) is 1.80. The minimum absolute atomic E-state index is 0.0884. The number of aromatic nitrogens is 3. The molecule has 2 heterocycles. The van der Waals surface area contributed by atoms with Gasteiger partial charge in [0.2, 0.25) is 0 Å². The van der Waals surface area contributed by atoms with Crippen LogP contribution in [0, 0.1) is 6.92 Å². The molecule has 0 spiro atoms. The first kappa shape index (κ1) is 8.68. The third-order valence-corrected chi connectivity index (χ3v) is 2.26. The Bertz CT molecular complexity index is 516. The fourth-order valence-electron chi connectivity index (χ4n) is 1.45. The molecule has 0 atom stereocenters. The van der Waals surface area contributed by atoms with E-state index in [4.69, 9.17) is 5.11 Å². The maximum Gasteiger partial charge on any atom is 0.354 e. The molecule has 5 nitrogen and oxygen atoms in total. The molecule has 0 aliphatic rings. The first-order valence-electron chi connectivity index (χ1n) is 4.12. The predicted octanol–water partition coefficient (Wildman–Crippen LogP) is 0.975. The van der Waals surface area contributed by atoms with Crippen molar-refractivity contribution in [3.8, 4) is 0 Å². The molecule has 0 aromatic carbocycles. The average Bonchev–Trinajstić information content (AvgIpc) is 2.49. The van der Waals surface area contributed by atoms with Gasteiger partial charge in [0.1, 0.15) is 0 Å². The van der Waals surface area contributed by atoms with Crippen LogP contribution in [0.2, 0.25) is 0 Å². The van der Waals surface area contributed by atoms with Crippen molar-refractivity contribution in [1.29, 1.82) is 0 Å². The van der Waals surface area contributed by atoms with Crippen LogP contribution in [0.3, 0.4) is 0 Å². The Morgan fingerprint density at radius 2 is 2.21 bits per heavy atom. The number of pyridine rings is 1. The normalized spacial score (nSPS) is 10.7. The van der Waals surface area contributed by atoms with Gasteiger partial charge in [-0.2, -0.15) is 5.10 Å². The fourth-order valence-corrected chi connectivity index (χ4v) is 1.45. The van der Waals surface area contributed by atoms with Gasteiger partial charge in [0.05, 0.1) is 17.9 Å². The van der Waals surface area contributed by atoms with Crippen LogP contribution in [0.4, 0.5) is 0 Å². The van der Waals surface area contributed by atoms with E-state index in [2.05, 4.69) is 10.1 Å². The lowest BCUT2D eigenvalue weighted by atomic mass is 10.1. The summed E-state index contributed by atoms with van der Waals surface area (Å²) in [5, 5.41) is 13.7. The highest BCUT2D eigenvalue weighted by molar-refractivity contribution is 5.94. The maximum absolute atomic E-state index is 10.8. The summed E-state index contributed by atoms with van der Waals surface area (Å²) in [5.41, 5.74) is 1.58. The molecule has 14 heavy (non-hydrogen) atoms. The van der Waals surface area contributed by atoms with Crippen molar-refractivity contribution in [3.63, 3.8) is 0 Å². The summed E-state index contributed by atoms with van der Waals surface area (Å²) in [6, 6.07) is 0. The Morgan fingerprint density at radius 3 is 2.86 bits per heavy atom. The van der Waals surface area contributed by atoms with E-state index < -0.39 is 5.97 Å². The molecule has 2 aromatic rings. The quantitative estimate of drug-likeness (QED) is 0.729. The third kappa shape index (κ3) is 1.06. The van der Waals surface area contributed by atoms with Gasteiger partial charge >= 0.3 is 5.97 Å². The zero-order valence-electron chi connectivity index (χ0n) is 7.85. The molecule has 2 aromatic heterocycles. The number of aryl methyl sites for hydroxylation is 2. The number of hydrogen-bond donors (Lipinski definition) is 1. The average molecular weight is 191 g/mol. The number of aromatic carboxylic acids is 1. The van der Waals surface area contributed by atoms with E-state index in [1.165, 1.54) is 6.20 Å². The second-order valence-corrected chi connectivity index (χ2v) is 3.10. The number of carbonyl (C=O) groups is 1. The molecule has 0 aliphatic heterocycles. The summed E-state index contributed by atoms with van der Waals surface area (Å²) in [6.07, 6.45) is 3.18. The second-order valence-electron chi connectivity index (χ2n) is 3.10. The van der Waals surface area contributed by atoms with Crippen LogP contribution in [0.15, 0.2) is 12.4 Å². The van der Waals surface area contributed by atoms with Crippen LogP contribution < -0.4 is 0 Å². The fraction of sp³-hybridized carbons (Fsp3) is 0.222. The van der Waals surface area contributed by atoms with E-state index >= 15 is 0 Å². The highest BCUT2D eigenvalue weighted by Crippen LogP contribution is 2.18. The molecular formula is C9H9N3O2. The van der Waals surface area contributed by atoms with Crippen molar-refractivity contribution in [3.05, 3.63) is 23.7 Å². The molecule has 0 saturated heterocycles. The summed E-state index contributed by atoms with van der Waals surface area (Å²) in [5.74, 6) is -1.01. The Hall–Kier alpha value is -1.91. The zero-order chi connectivity index (χ0) is 10.3. The number of carboxylic acid groups (broad SMARTS) is 1. The minimum Gasteiger partial charge on any atom is -0.477 e. The van der Waals surface area contributed by atoms with Crippen molar-refractivity contribution in [2.75, 3.05) is 0 Å². The third-order valence-electron chi connectivity index (χ3n) is 2.26. The van der Waals surface area contributed by atoms with E-state index in [9.17, 15) is 4.79 Å². The lowest BCUT2D eigenvalue weighted by Gasteiger charge is -2.00. The standard InChI is InChI=1S/C9H9N3O2/c1-5-6-3-11-12(2)7(6)4-10-8(5)9(13)14/h3-4H,1-2H3,(H,13,14). The lowest BCUT2D eigenvalue weighted by molar-refractivity contribution is 0.0690. The smallest absolute Gasteiger partial charge is 0.354 e. The Morgan fingerprint density at radius 1 is 1.50 bits per heavy atom. The van der Waals surface area contributed by atoms with Gasteiger partial charge in [-0.15, -0.1) is 0 Å². The molecule has 0 radical (unpaired) electrons. The largest absolute Gasteiger partial charge is 0.477 e. The van der Waals surface area contributed by atoms with Crippen molar-refractivity contribution in [2.24, 2.45) is 7.05 Å². The summed E-state index contributed by atoms with van der Waals surface area (Å²) < 4.78 is 1.67. The van der Waals surface area contributed by atoms with Crippen molar-refractivity contribution in [1.82, 2.24) is 14.8 Å². The zero-order valence-corrected chi connectivity index (χ0v) is 7.85. The molecule has 0 saturated carbocycles. The summed E-state index contributed by atoms with van der Waals surface area (Å²) in [4.78, 5) is 14.7. The first-order valence-corrected chi connectivity index (χ1v) is 4.12. The van der Waals surface area contributed by atoms with E-state index in [0.29, 0.717) is 5.56 Å². The monoisotopic (exact) mass is 191 g/mol. The number of hydrogen-bond acceptors (Lipinski definition) is 3. The second kappa shape index (κ2) is 2.80. The SMILES string of the molecule is Cc1c(C(=O)O)ncc2c1cnn2C. The number of carboxylic acids is 1. The van der Waals surface area contributed by atoms with E-state index in [-0.39, 0.29) is 5.69 Å². The molecule has 0 unspecified atom stereocenters. The van der Waals surface area contributed by atoms with Gasteiger partial charge in [0.15, 0.2) is 5.69 Å². The summed E-state index contributed by atoms with van der Waals surface area (Å²) >= 11 is 0. The van der Waals surface area contributed by atoms with Gasteiger partial charge in [-0.3, -0.25) is 4.68 Å². The Balaban J connectivity index is 2.82. The highest BCUT2D eigenvalue weighted by Gasteiger charge is 2.13. The molecule has 2 rings (SSSR count). The lowest BCUT2D eigenvalue weighted by Crippen LogP contribution is -2.03. The van der Waals surface area contributed by atoms with Gasteiger partial charge in [-0.25, -0.2) is 9.78 Å². The van der Waals surface area contributed by atoms with Gasteiger partial charge in [0.25, 0.3) is 0 Å². The van der Waals surface area contributed by atoms with Crippen molar-refractivity contribution >= 4 is 16.9 Å². The number of fused-ring (bicyclic) bond motifs is 1. The molecule has 0 aliphatic carbocycles. The van der Waals surface area contributed by atoms with Crippen LogP contribution >= 0.6 is 0 Å². The van der Waals surface area contributed by atoms with E-state index in [1.807, 2.05) is 0 Å². The van der Waals surface area contributed by atoms with Gasteiger partial charge in [-0.1, -0.05) is 0 Å². The molecule has 0 bridgehead atoms. The van der Waals surface area contributed by atoms with Crippen LogP contribution in [0.25, 0.3) is 10.9 Å². The van der Waals surface area contributed by atoms with Crippen LogP contribution in [-0.2, 0) is 7.05 Å². The number of rotatable bonds is 1. The molecule has 0 fully saturated rings. The topological polar surface area (TPSA) is 68.0 Å². The molecule has 72 valence electrons. The van der Waals surface area contributed by atoms with E-state index in [0.717, 1.165) is 10.9 Å². The van der Waals surface area contributed by atoms with Gasteiger partial charge in [-0.05, 0) is 12.5 Å². The molecule has 5 heteroatoms. The van der Waals surface area contributed by atoms with Gasteiger partial charge in [0, 0.05) is 12.4 Å². The van der Waals surface area contributed by atoms with Crippen LogP contribution in [0.1, 0.15) is 16.1 Å². The van der Waals surface area contributed by atoms with Crippen molar-refractivity contribution in [2.45, 2.75) is 6.92 Å². The van der Waals surface area contributed by atoms with Gasteiger partial charge < -0.3 is 5.11 Å². The predicted molar refractivity (Wildman–Crippen MR) is 50.2 cm³/mol. The van der Waals surface area contributed by atoms with Crippen molar-refractivity contribution < 1.29 is 9.90 Å². The molecular weight excluding hydrogens is 182 g/mol. The van der Waals surface area contributed by atoms with Crippen LogP contribution in [0.5, 0.6) is 0 Å². The maximum atomic E-state index is 10.8.